The molecule has 1 aliphatic heterocycles. The molecule has 1 saturated heterocycles. The average Bonchev–Trinajstić information content (AvgIpc) is 2.55. The Morgan fingerprint density at radius 1 is 1.35 bits per heavy atom. The molecule has 5 heteroatoms. The highest BCUT2D eigenvalue weighted by Gasteiger charge is 2.20. The summed E-state index contributed by atoms with van der Waals surface area (Å²) in [4.78, 5) is 14.5. The Bertz CT molecular complexity index is 484. The Morgan fingerprint density at radius 2 is 2.00 bits per heavy atom. The Labute approximate surface area is 143 Å². The average molecular weight is 339 g/mol. The van der Waals surface area contributed by atoms with E-state index in [2.05, 4.69) is 17.1 Å². The van der Waals surface area contributed by atoms with Crippen LogP contribution < -0.4 is 5.32 Å². The molecule has 1 unspecified atom stereocenters. The molecule has 0 radical (unpaired) electrons. The van der Waals surface area contributed by atoms with Crippen molar-refractivity contribution in [1.29, 1.82) is 0 Å². The van der Waals surface area contributed by atoms with Gasteiger partial charge in [0, 0.05) is 11.6 Å². The highest BCUT2D eigenvalue weighted by atomic mass is 35.5. The second-order valence-electron chi connectivity index (χ2n) is 6.36. The van der Waals surface area contributed by atoms with Gasteiger partial charge in [-0.3, -0.25) is 4.79 Å². The quantitative estimate of drug-likeness (QED) is 0.803. The van der Waals surface area contributed by atoms with Gasteiger partial charge in [0.1, 0.15) is 0 Å². The molecule has 0 bridgehead atoms. The van der Waals surface area contributed by atoms with E-state index >= 15 is 0 Å². The molecule has 1 aromatic rings. The lowest BCUT2D eigenvalue weighted by Gasteiger charge is -2.31. The number of carbonyl (C=O) groups is 1. The molecule has 128 valence electrons. The zero-order valence-corrected chi connectivity index (χ0v) is 14.6. The molecule has 0 saturated carbocycles. The number of rotatable bonds is 7. The third-order valence-corrected chi connectivity index (χ3v) is 4.72. The molecule has 1 amide bonds. The number of aliphatic hydroxyl groups excluding tert-OH is 1. The van der Waals surface area contributed by atoms with Crippen molar-refractivity contribution in [1.82, 2.24) is 10.2 Å². The zero-order valence-electron chi connectivity index (χ0n) is 13.8. The number of aliphatic hydroxyl groups is 1. The van der Waals surface area contributed by atoms with Crippen LogP contribution in [0.5, 0.6) is 0 Å². The summed E-state index contributed by atoms with van der Waals surface area (Å²) in [6.45, 7) is 6.35. The van der Waals surface area contributed by atoms with Crippen molar-refractivity contribution in [3.8, 4) is 0 Å². The van der Waals surface area contributed by atoms with Gasteiger partial charge in [-0.2, -0.15) is 0 Å². The fraction of sp³-hybridized carbons (Fsp3) is 0.611. The number of hydrogen-bond donors (Lipinski definition) is 2. The Balaban J connectivity index is 1.68. The lowest BCUT2D eigenvalue weighted by atomic mass is 9.96. The van der Waals surface area contributed by atoms with Crippen LogP contribution in [0.1, 0.15) is 44.3 Å². The molecule has 1 aromatic carbocycles. The van der Waals surface area contributed by atoms with Crippen molar-refractivity contribution in [3.05, 3.63) is 34.9 Å². The topological polar surface area (TPSA) is 52.6 Å². The van der Waals surface area contributed by atoms with Crippen LogP contribution in [-0.4, -0.2) is 42.1 Å². The summed E-state index contributed by atoms with van der Waals surface area (Å²) in [7, 11) is 0. The summed E-state index contributed by atoms with van der Waals surface area (Å²) in [5, 5.41) is 13.7. The summed E-state index contributed by atoms with van der Waals surface area (Å²) in [5.41, 5.74) is 0.720. The number of piperidine rings is 1. The van der Waals surface area contributed by atoms with Crippen molar-refractivity contribution < 1.29 is 9.90 Å². The van der Waals surface area contributed by atoms with E-state index in [9.17, 15) is 9.90 Å². The number of hydrogen-bond acceptors (Lipinski definition) is 3. The fourth-order valence-corrected chi connectivity index (χ4v) is 3.17. The van der Waals surface area contributed by atoms with Gasteiger partial charge in [0.25, 0.3) is 0 Å². The van der Waals surface area contributed by atoms with E-state index < -0.39 is 6.10 Å². The first-order chi connectivity index (χ1) is 11.1. The molecule has 0 aromatic heterocycles. The van der Waals surface area contributed by atoms with Crippen LogP contribution in [0.3, 0.4) is 0 Å². The standard InChI is InChI=1S/C18H27ClN2O2/c1-2-9-21-10-7-14(8-11-21)13-20-18(23)12-17(22)15-3-5-16(19)6-4-15/h3-6,14,17,22H,2,7-13H2,1H3,(H,20,23). The van der Waals surface area contributed by atoms with E-state index in [1.807, 2.05) is 0 Å². The molecular formula is C18H27ClN2O2. The maximum absolute atomic E-state index is 12.0. The van der Waals surface area contributed by atoms with Crippen LogP contribution in [0.2, 0.25) is 5.02 Å². The lowest BCUT2D eigenvalue weighted by Crippen LogP contribution is -2.39. The molecular weight excluding hydrogens is 312 g/mol. The van der Waals surface area contributed by atoms with E-state index in [1.54, 1.807) is 24.3 Å². The normalized spacial score (nSPS) is 17.9. The first-order valence-electron chi connectivity index (χ1n) is 8.51. The van der Waals surface area contributed by atoms with Crippen LogP contribution in [0, 0.1) is 5.92 Å². The Hall–Kier alpha value is -1.10. The summed E-state index contributed by atoms with van der Waals surface area (Å²) in [6.07, 6.45) is 2.79. The van der Waals surface area contributed by atoms with Gasteiger partial charge in [-0.25, -0.2) is 0 Å². The van der Waals surface area contributed by atoms with Crippen molar-refractivity contribution in [2.75, 3.05) is 26.2 Å². The number of amides is 1. The molecule has 1 heterocycles. The summed E-state index contributed by atoms with van der Waals surface area (Å²) < 4.78 is 0. The molecule has 1 aliphatic rings. The number of halogens is 1. The number of nitrogens with one attached hydrogen (secondary N) is 1. The minimum atomic E-state index is -0.779. The van der Waals surface area contributed by atoms with E-state index in [4.69, 9.17) is 11.6 Å². The van der Waals surface area contributed by atoms with Crippen LogP contribution in [0.4, 0.5) is 0 Å². The van der Waals surface area contributed by atoms with Crippen molar-refractivity contribution in [3.63, 3.8) is 0 Å². The number of likely N-dealkylation sites (tertiary alicyclic amines) is 1. The molecule has 1 fully saturated rings. The predicted molar refractivity (Wildman–Crippen MR) is 93.5 cm³/mol. The minimum Gasteiger partial charge on any atom is -0.388 e. The van der Waals surface area contributed by atoms with Gasteiger partial charge < -0.3 is 15.3 Å². The first-order valence-corrected chi connectivity index (χ1v) is 8.89. The van der Waals surface area contributed by atoms with Crippen LogP contribution >= 0.6 is 11.6 Å². The lowest BCUT2D eigenvalue weighted by molar-refractivity contribution is -0.123. The molecule has 2 rings (SSSR count). The van der Waals surface area contributed by atoms with Gasteiger partial charge in [-0.05, 0) is 62.5 Å². The Kier molecular flexibility index (Phi) is 7.34. The highest BCUT2D eigenvalue weighted by Crippen LogP contribution is 2.20. The summed E-state index contributed by atoms with van der Waals surface area (Å²) >= 11 is 5.82. The van der Waals surface area contributed by atoms with Gasteiger partial charge in [0.05, 0.1) is 12.5 Å². The van der Waals surface area contributed by atoms with E-state index in [0.717, 1.165) is 31.5 Å². The summed E-state index contributed by atoms with van der Waals surface area (Å²) in [6, 6.07) is 6.96. The SMILES string of the molecule is CCCN1CCC(CNC(=O)CC(O)c2ccc(Cl)cc2)CC1. The summed E-state index contributed by atoms with van der Waals surface area (Å²) in [5.74, 6) is 0.461. The maximum Gasteiger partial charge on any atom is 0.222 e. The van der Waals surface area contributed by atoms with E-state index in [-0.39, 0.29) is 12.3 Å². The third-order valence-electron chi connectivity index (χ3n) is 4.47. The monoisotopic (exact) mass is 338 g/mol. The highest BCUT2D eigenvalue weighted by molar-refractivity contribution is 6.30. The largest absolute Gasteiger partial charge is 0.388 e. The van der Waals surface area contributed by atoms with Gasteiger partial charge in [0.15, 0.2) is 0 Å². The molecule has 1 atom stereocenters. The molecule has 0 spiro atoms. The van der Waals surface area contributed by atoms with E-state index in [0.29, 0.717) is 17.5 Å². The van der Waals surface area contributed by atoms with Gasteiger partial charge >= 0.3 is 0 Å². The number of carbonyl (C=O) groups excluding carboxylic acids is 1. The van der Waals surface area contributed by atoms with Gasteiger partial charge in [-0.1, -0.05) is 30.7 Å². The molecule has 0 aliphatic carbocycles. The molecule has 2 N–H and O–H groups in total. The maximum atomic E-state index is 12.0. The first kappa shape index (κ1) is 18.2. The predicted octanol–water partition coefficient (Wildman–Crippen LogP) is 3.00. The second-order valence-corrected chi connectivity index (χ2v) is 6.80. The van der Waals surface area contributed by atoms with Crippen molar-refractivity contribution in [2.45, 2.75) is 38.7 Å². The second kappa shape index (κ2) is 9.26. The van der Waals surface area contributed by atoms with Crippen molar-refractivity contribution in [2.24, 2.45) is 5.92 Å². The molecule has 23 heavy (non-hydrogen) atoms. The minimum absolute atomic E-state index is 0.0936. The van der Waals surface area contributed by atoms with Crippen LogP contribution in [0.15, 0.2) is 24.3 Å². The van der Waals surface area contributed by atoms with Crippen molar-refractivity contribution >= 4 is 17.5 Å². The van der Waals surface area contributed by atoms with E-state index in [1.165, 1.54) is 13.0 Å². The van der Waals surface area contributed by atoms with Crippen LogP contribution in [-0.2, 0) is 4.79 Å². The number of benzene rings is 1. The smallest absolute Gasteiger partial charge is 0.222 e. The third kappa shape index (κ3) is 6.13. The fourth-order valence-electron chi connectivity index (χ4n) is 3.04. The van der Waals surface area contributed by atoms with Gasteiger partial charge in [0.2, 0.25) is 5.91 Å². The number of nitrogens with zero attached hydrogens (tertiary/aromatic N) is 1. The zero-order chi connectivity index (χ0) is 16.7. The van der Waals surface area contributed by atoms with Crippen LogP contribution in [0.25, 0.3) is 0 Å². The Morgan fingerprint density at radius 3 is 2.61 bits per heavy atom. The molecule has 4 nitrogen and oxygen atoms in total. The van der Waals surface area contributed by atoms with Gasteiger partial charge in [-0.15, -0.1) is 0 Å².